The summed E-state index contributed by atoms with van der Waals surface area (Å²) < 4.78 is 10.9. The third-order valence-electron chi connectivity index (χ3n) is 3.05. The lowest BCUT2D eigenvalue weighted by molar-refractivity contribution is 0.0996. The second kappa shape index (κ2) is 6.13. The van der Waals surface area contributed by atoms with Gasteiger partial charge in [0.05, 0.1) is 6.26 Å². The number of ether oxygens (including phenoxy) is 1. The molecule has 0 aliphatic heterocycles. The zero-order chi connectivity index (χ0) is 15.4. The summed E-state index contributed by atoms with van der Waals surface area (Å²) in [5.41, 5.74) is 1.43. The molecule has 2 heterocycles. The average molecular weight is 294 g/mol. The molecular formula is C17H14N2O3. The second-order valence-corrected chi connectivity index (χ2v) is 4.70. The van der Waals surface area contributed by atoms with E-state index in [-0.39, 0.29) is 5.91 Å². The van der Waals surface area contributed by atoms with Crippen molar-refractivity contribution in [1.82, 2.24) is 4.98 Å². The molecule has 2 aromatic heterocycles. The maximum absolute atomic E-state index is 12.1. The van der Waals surface area contributed by atoms with E-state index in [2.05, 4.69) is 10.3 Å². The molecule has 110 valence electrons. The Labute approximate surface area is 127 Å². The summed E-state index contributed by atoms with van der Waals surface area (Å²) >= 11 is 0. The number of pyridine rings is 1. The minimum atomic E-state index is -0.288. The summed E-state index contributed by atoms with van der Waals surface area (Å²) in [4.78, 5) is 16.0. The third-order valence-corrected chi connectivity index (χ3v) is 3.05. The Morgan fingerprint density at radius 3 is 2.68 bits per heavy atom. The van der Waals surface area contributed by atoms with Crippen LogP contribution in [0.5, 0.6) is 11.5 Å². The van der Waals surface area contributed by atoms with E-state index in [1.165, 1.54) is 6.26 Å². The molecule has 1 N–H and O–H groups in total. The number of hydrogen-bond donors (Lipinski definition) is 1. The van der Waals surface area contributed by atoms with E-state index >= 15 is 0 Å². The van der Waals surface area contributed by atoms with Gasteiger partial charge in [-0.1, -0.05) is 6.07 Å². The molecule has 5 nitrogen and oxygen atoms in total. The lowest BCUT2D eigenvalue weighted by atomic mass is 10.2. The van der Waals surface area contributed by atoms with Crippen LogP contribution >= 0.6 is 0 Å². The molecule has 0 saturated heterocycles. The number of carbonyl (C=O) groups excluding carboxylic acids is 1. The summed E-state index contributed by atoms with van der Waals surface area (Å²) in [5.74, 6) is 1.32. The molecule has 0 aliphatic rings. The minimum Gasteiger partial charge on any atom is -0.459 e. The van der Waals surface area contributed by atoms with Gasteiger partial charge in [0, 0.05) is 29.7 Å². The molecule has 5 heteroatoms. The number of nitrogens with one attached hydrogen (secondary N) is 1. The van der Waals surface area contributed by atoms with E-state index in [0.29, 0.717) is 22.9 Å². The molecule has 1 aromatic carbocycles. The van der Waals surface area contributed by atoms with Gasteiger partial charge in [-0.25, -0.2) is 0 Å². The Kier molecular flexibility index (Phi) is 3.87. The Morgan fingerprint density at radius 1 is 1.14 bits per heavy atom. The first-order valence-corrected chi connectivity index (χ1v) is 6.76. The fraction of sp³-hybridized carbons (Fsp3) is 0.0588. The van der Waals surface area contributed by atoms with Crippen molar-refractivity contribution in [2.75, 3.05) is 5.32 Å². The quantitative estimate of drug-likeness (QED) is 0.789. The van der Waals surface area contributed by atoms with Crippen molar-refractivity contribution in [2.45, 2.75) is 6.92 Å². The molecule has 0 atom stereocenters. The molecule has 0 unspecified atom stereocenters. The van der Waals surface area contributed by atoms with Gasteiger partial charge in [-0.3, -0.25) is 9.78 Å². The number of rotatable bonds is 4. The molecule has 3 aromatic rings. The molecular weight excluding hydrogens is 280 g/mol. The molecule has 0 saturated carbocycles. The number of nitrogens with zero attached hydrogens (tertiary/aromatic N) is 1. The van der Waals surface area contributed by atoms with E-state index < -0.39 is 0 Å². The highest BCUT2D eigenvalue weighted by Gasteiger charge is 2.12. The maximum atomic E-state index is 12.1. The summed E-state index contributed by atoms with van der Waals surface area (Å²) in [6.45, 7) is 1.82. The van der Waals surface area contributed by atoms with E-state index in [9.17, 15) is 4.79 Å². The van der Waals surface area contributed by atoms with Crippen LogP contribution < -0.4 is 10.1 Å². The number of amides is 1. The van der Waals surface area contributed by atoms with Crippen molar-refractivity contribution in [3.8, 4) is 11.5 Å². The van der Waals surface area contributed by atoms with Crippen molar-refractivity contribution >= 4 is 11.6 Å². The zero-order valence-electron chi connectivity index (χ0n) is 11.9. The first-order valence-electron chi connectivity index (χ1n) is 6.76. The van der Waals surface area contributed by atoms with Crippen molar-refractivity contribution in [3.63, 3.8) is 0 Å². The van der Waals surface area contributed by atoms with E-state index in [1.54, 1.807) is 48.8 Å². The van der Waals surface area contributed by atoms with Gasteiger partial charge < -0.3 is 14.5 Å². The fourth-order valence-corrected chi connectivity index (χ4v) is 1.97. The summed E-state index contributed by atoms with van der Waals surface area (Å²) in [6.07, 6.45) is 4.80. The van der Waals surface area contributed by atoms with Crippen LogP contribution in [0.3, 0.4) is 0 Å². The zero-order valence-corrected chi connectivity index (χ0v) is 11.9. The molecule has 0 fully saturated rings. The highest BCUT2D eigenvalue weighted by molar-refractivity contribution is 6.03. The van der Waals surface area contributed by atoms with Crippen LogP contribution in [0.15, 0.2) is 65.5 Å². The van der Waals surface area contributed by atoms with Crippen LogP contribution in [0, 0.1) is 6.92 Å². The van der Waals surface area contributed by atoms with Crippen LogP contribution in [-0.2, 0) is 0 Å². The molecule has 22 heavy (non-hydrogen) atoms. The van der Waals surface area contributed by atoms with Gasteiger partial charge in [-0.2, -0.15) is 0 Å². The van der Waals surface area contributed by atoms with E-state index in [1.807, 2.05) is 13.0 Å². The van der Waals surface area contributed by atoms with Crippen molar-refractivity contribution in [2.24, 2.45) is 0 Å². The van der Waals surface area contributed by atoms with Crippen molar-refractivity contribution in [1.29, 1.82) is 0 Å². The Balaban J connectivity index is 1.74. The first kappa shape index (κ1) is 13.9. The third kappa shape index (κ3) is 3.15. The van der Waals surface area contributed by atoms with Crippen molar-refractivity contribution < 1.29 is 13.9 Å². The Morgan fingerprint density at radius 2 is 1.95 bits per heavy atom. The van der Waals surface area contributed by atoms with Crippen LogP contribution in [-0.4, -0.2) is 10.9 Å². The number of carbonyl (C=O) groups is 1. The highest BCUT2D eigenvalue weighted by atomic mass is 16.5. The molecule has 0 radical (unpaired) electrons. The van der Waals surface area contributed by atoms with Gasteiger partial charge in [-0.05, 0) is 37.3 Å². The van der Waals surface area contributed by atoms with Crippen LogP contribution in [0.25, 0.3) is 0 Å². The number of benzene rings is 1. The van der Waals surface area contributed by atoms with Crippen molar-refractivity contribution in [3.05, 3.63) is 72.4 Å². The summed E-state index contributed by atoms with van der Waals surface area (Å²) in [6, 6.07) is 12.4. The van der Waals surface area contributed by atoms with Crippen LogP contribution in [0.4, 0.5) is 5.69 Å². The van der Waals surface area contributed by atoms with Gasteiger partial charge in [0.1, 0.15) is 11.5 Å². The largest absolute Gasteiger partial charge is 0.459 e. The summed E-state index contributed by atoms with van der Waals surface area (Å²) in [7, 11) is 0. The molecule has 1 amide bonds. The van der Waals surface area contributed by atoms with E-state index in [4.69, 9.17) is 9.15 Å². The van der Waals surface area contributed by atoms with E-state index in [0.717, 1.165) is 5.56 Å². The number of aryl methyl sites for hydroxylation is 1. The first-order chi connectivity index (χ1) is 10.7. The summed E-state index contributed by atoms with van der Waals surface area (Å²) in [5, 5.41) is 2.79. The molecule has 3 rings (SSSR count). The Hall–Kier alpha value is -3.08. The predicted octanol–water partition coefficient (Wildman–Crippen LogP) is 4.03. The number of anilines is 1. The lowest BCUT2D eigenvalue weighted by Gasteiger charge is -2.08. The fourth-order valence-electron chi connectivity index (χ4n) is 1.97. The molecule has 0 aliphatic carbocycles. The topological polar surface area (TPSA) is 64.4 Å². The van der Waals surface area contributed by atoms with Crippen LogP contribution in [0.2, 0.25) is 0 Å². The number of furan rings is 1. The van der Waals surface area contributed by atoms with Gasteiger partial charge in [0.15, 0.2) is 5.76 Å². The average Bonchev–Trinajstić information content (AvgIpc) is 2.95. The lowest BCUT2D eigenvalue weighted by Crippen LogP contribution is -2.11. The van der Waals surface area contributed by atoms with Gasteiger partial charge in [0.25, 0.3) is 5.91 Å². The number of hydrogen-bond acceptors (Lipinski definition) is 4. The second-order valence-electron chi connectivity index (χ2n) is 4.70. The van der Waals surface area contributed by atoms with Crippen LogP contribution in [0.1, 0.15) is 16.1 Å². The maximum Gasteiger partial charge on any atom is 0.291 e. The normalized spacial score (nSPS) is 10.2. The standard InChI is InChI=1S/C17H14N2O3/c1-12-7-10-21-16(12)17(20)19-13-3-2-4-15(11-13)22-14-5-8-18-9-6-14/h2-11H,1H3,(H,19,20). The molecule has 0 bridgehead atoms. The SMILES string of the molecule is Cc1ccoc1C(=O)Nc1cccc(Oc2ccncc2)c1. The van der Waals surface area contributed by atoms with Gasteiger partial charge in [0.2, 0.25) is 0 Å². The highest BCUT2D eigenvalue weighted by Crippen LogP contribution is 2.24. The monoisotopic (exact) mass is 294 g/mol. The van der Waals surface area contributed by atoms with Gasteiger partial charge >= 0.3 is 0 Å². The molecule has 0 spiro atoms. The Bertz CT molecular complexity index is 781. The smallest absolute Gasteiger partial charge is 0.291 e. The van der Waals surface area contributed by atoms with Gasteiger partial charge in [-0.15, -0.1) is 0 Å². The predicted molar refractivity (Wildman–Crippen MR) is 82.2 cm³/mol. The number of aromatic nitrogens is 1. The minimum absolute atomic E-state index is 0.288.